The van der Waals surface area contributed by atoms with Crippen LogP contribution in [0.3, 0.4) is 0 Å². The third-order valence-electron chi connectivity index (χ3n) is 7.04. The van der Waals surface area contributed by atoms with Gasteiger partial charge >= 0.3 is 6.09 Å². The van der Waals surface area contributed by atoms with Gasteiger partial charge in [0, 0.05) is 51.5 Å². The number of nitrogens with two attached hydrogens (primary N) is 1. The summed E-state index contributed by atoms with van der Waals surface area (Å²) in [7, 11) is -1.14. The lowest BCUT2D eigenvalue weighted by molar-refractivity contribution is -0.117. The highest BCUT2D eigenvalue weighted by Crippen LogP contribution is 2.30. The van der Waals surface area contributed by atoms with Crippen LogP contribution in [0.25, 0.3) is 11.3 Å². The molecule has 3 N–H and O–H groups in total. The Morgan fingerprint density at radius 1 is 1.07 bits per heavy atom. The molecule has 2 amide bonds. The third kappa shape index (κ3) is 9.59. The quantitative estimate of drug-likeness (QED) is 0.137. The second-order valence-corrected chi connectivity index (χ2v) is 18.8. The molecular formula is C32H45N5O5Si. The molecule has 0 saturated carbocycles. The van der Waals surface area contributed by atoms with Crippen molar-refractivity contribution in [3.8, 4) is 22.8 Å². The number of nitrogens with one attached hydrogen (secondary N) is 1. The molecule has 0 aliphatic carbocycles. The second kappa shape index (κ2) is 13.6. The summed E-state index contributed by atoms with van der Waals surface area (Å²) in [6.07, 6.45) is 3.15. The number of nitrogen functional groups attached to an aromatic ring is 1. The van der Waals surface area contributed by atoms with Crippen LogP contribution in [0.5, 0.6) is 11.5 Å². The lowest BCUT2D eigenvalue weighted by Crippen LogP contribution is -2.41. The first kappa shape index (κ1) is 32.1. The third-order valence-corrected chi connectivity index (χ3v) is 8.74. The van der Waals surface area contributed by atoms with E-state index in [9.17, 15) is 9.59 Å². The van der Waals surface area contributed by atoms with E-state index in [0.29, 0.717) is 36.1 Å². The number of carbonyl (C=O) groups is 2. The molecule has 3 aromatic rings. The molecule has 0 spiro atoms. The zero-order chi connectivity index (χ0) is 31.2. The van der Waals surface area contributed by atoms with Gasteiger partial charge in [-0.2, -0.15) is 5.10 Å². The zero-order valence-corrected chi connectivity index (χ0v) is 27.2. The smallest absolute Gasteiger partial charge is 0.410 e. The number of hydrogen-bond donors (Lipinski definition) is 2. The summed E-state index contributed by atoms with van der Waals surface area (Å²) in [6, 6.07) is 15.8. The molecule has 11 heteroatoms. The maximum atomic E-state index is 12.8. The normalized spacial score (nSPS) is 15.4. The number of aromatic nitrogens is 2. The molecule has 0 radical (unpaired) electrons. The molecule has 2 heterocycles. The van der Waals surface area contributed by atoms with Crippen LogP contribution in [-0.4, -0.2) is 59.5 Å². The minimum absolute atomic E-state index is 0.173. The SMILES string of the molecule is CC(C)(C)OC(=O)N1CCC[C@H]1CC(=O)Nc1ccc(Oc2ccc(-c3ccnn3COCC[Si](C)(C)C)cc2)cc1N. The van der Waals surface area contributed by atoms with E-state index >= 15 is 0 Å². The molecule has 1 aliphatic rings. The molecule has 10 nitrogen and oxygen atoms in total. The largest absolute Gasteiger partial charge is 0.457 e. The van der Waals surface area contributed by atoms with Crippen molar-refractivity contribution in [3.63, 3.8) is 0 Å². The van der Waals surface area contributed by atoms with Crippen LogP contribution in [0.1, 0.15) is 40.0 Å². The van der Waals surface area contributed by atoms with Gasteiger partial charge in [-0.25, -0.2) is 9.48 Å². The van der Waals surface area contributed by atoms with Crippen LogP contribution in [0.4, 0.5) is 16.2 Å². The number of rotatable bonds is 11. The standard InChI is InChI=1S/C32H45N5O5Si/c1-32(2,3)42-31(39)36-17-7-8-24(36)20-30(38)35-28-14-13-26(21-27(28)33)41-25-11-9-23(10-12-25)29-15-16-34-37(29)22-40-18-19-43(4,5)6/h9-16,21,24H,7-8,17-20,22,33H2,1-6H3,(H,35,38)/t24-/m0/s1. The van der Waals surface area contributed by atoms with Crippen LogP contribution in [0.15, 0.2) is 54.7 Å². The number of amides is 2. The minimum Gasteiger partial charge on any atom is -0.457 e. The Hall–Kier alpha value is -3.83. The summed E-state index contributed by atoms with van der Waals surface area (Å²) >= 11 is 0. The number of hydrogen-bond acceptors (Lipinski definition) is 7. The minimum atomic E-state index is -1.14. The van der Waals surface area contributed by atoms with Crippen molar-refractivity contribution in [2.24, 2.45) is 0 Å². The Morgan fingerprint density at radius 2 is 1.79 bits per heavy atom. The van der Waals surface area contributed by atoms with E-state index in [-0.39, 0.29) is 24.5 Å². The van der Waals surface area contributed by atoms with Crippen molar-refractivity contribution in [1.82, 2.24) is 14.7 Å². The first-order valence-corrected chi connectivity index (χ1v) is 18.5. The Morgan fingerprint density at radius 3 is 2.47 bits per heavy atom. The summed E-state index contributed by atoms with van der Waals surface area (Å²) in [6.45, 7) is 14.2. The van der Waals surface area contributed by atoms with E-state index in [0.717, 1.165) is 36.8 Å². The van der Waals surface area contributed by atoms with E-state index < -0.39 is 13.7 Å². The van der Waals surface area contributed by atoms with Gasteiger partial charge in [-0.05, 0) is 82.1 Å². The van der Waals surface area contributed by atoms with Gasteiger partial charge in [-0.15, -0.1) is 0 Å². The van der Waals surface area contributed by atoms with Gasteiger partial charge in [0.15, 0.2) is 0 Å². The maximum absolute atomic E-state index is 12.8. The molecule has 232 valence electrons. The van der Waals surface area contributed by atoms with Gasteiger partial charge in [0.1, 0.15) is 23.8 Å². The van der Waals surface area contributed by atoms with Crippen molar-refractivity contribution >= 4 is 31.4 Å². The Labute approximate surface area is 255 Å². The van der Waals surface area contributed by atoms with E-state index in [1.807, 2.05) is 55.8 Å². The van der Waals surface area contributed by atoms with Gasteiger partial charge in [0.2, 0.25) is 5.91 Å². The van der Waals surface area contributed by atoms with Crippen LogP contribution < -0.4 is 15.8 Å². The summed E-state index contributed by atoms with van der Waals surface area (Å²) < 4.78 is 19.3. The van der Waals surface area contributed by atoms with Crippen molar-refractivity contribution in [3.05, 3.63) is 54.7 Å². The van der Waals surface area contributed by atoms with E-state index in [4.69, 9.17) is 19.9 Å². The fraction of sp³-hybridized carbons (Fsp3) is 0.469. The number of carbonyl (C=O) groups excluding carboxylic acids is 2. The molecule has 1 fully saturated rings. The lowest BCUT2D eigenvalue weighted by Gasteiger charge is -2.28. The van der Waals surface area contributed by atoms with Crippen LogP contribution >= 0.6 is 0 Å². The number of likely N-dealkylation sites (tertiary alicyclic amines) is 1. The lowest BCUT2D eigenvalue weighted by atomic mass is 10.1. The monoisotopic (exact) mass is 607 g/mol. The van der Waals surface area contributed by atoms with Gasteiger partial charge in [0.25, 0.3) is 0 Å². The molecule has 1 atom stereocenters. The molecule has 1 saturated heterocycles. The average molecular weight is 608 g/mol. The molecule has 43 heavy (non-hydrogen) atoms. The van der Waals surface area contributed by atoms with Gasteiger partial charge in [-0.3, -0.25) is 4.79 Å². The predicted molar refractivity (Wildman–Crippen MR) is 172 cm³/mol. The highest BCUT2D eigenvalue weighted by molar-refractivity contribution is 6.76. The van der Waals surface area contributed by atoms with Gasteiger partial charge in [0.05, 0.1) is 17.1 Å². The molecule has 0 unspecified atom stereocenters. The molecule has 1 aliphatic heterocycles. The van der Waals surface area contributed by atoms with Crippen molar-refractivity contribution in [1.29, 1.82) is 0 Å². The molecular weight excluding hydrogens is 562 g/mol. The first-order valence-electron chi connectivity index (χ1n) is 14.8. The summed E-state index contributed by atoms with van der Waals surface area (Å²) in [5.41, 5.74) is 8.52. The second-order valence-electron chi connectivity index (χ2n) is 13.2. The van der Waals surface area contributed by atoms with Crippen molar-refractivity contribution in [2.75, 3.05) is 24.2 Å². The maximum Gasteiger partial charge on any atom is 0.410 e. The van der Waals surface area contributed by atoms with E-state index in [1.54, 1.807) is 29.3 Å². The highest BCUT2D eigenvalue weighted by atomic mass is 28.3. The molecule has 1 aromatic heterocycles. The van der Waals surface area contributed by atoms with E-state index in [2.05, 4.69) is 30.1 Å². The van der Waals surface area contributed by atoms with Crippen molar-refractivity contribution in [2.45, 2.75) is 84.1 Å². The van der Waals surface area contributed by atoms with E-state index in [1.165, 1.54) is 0 Å². The fourth-order valence-electron chi connectivity index (χ4n) is 4.78. The Balaban J connectivity index is 1.31. The topological polar surface area (TPSA) is 121 Å². The first-order chi connectivity index (χ1) is 20.3. The average Bonchev–Trinajstić information content (AvgIpc) is 3.57. The molecule has 0 bridgehead atoms. The summed E-state index contributed by atoms with van der Waals surface area (Å²) in [5.74, 6) is 0.994. The fourth-order valence-corrected chi connectivity index (χ4v) is 5.54. The van der Waals surface area contributed by atoms with Crippen LogP contribution in [0.2, 0.25) is 25.7 Å². The van der Waals surface area contributed by atoms with Crippen LogP contribution in [0, 0.1) is 0 Å². The van der Waals surface area contributed by atoms with Gasteiger partial charge < -0.3 is 30.2 Å². The Bertz CT molecular complexity index is 1390. The van der Waals surface area contributed by atoms with Crippen molar-refractivity contribution < 1.29 is 23.8 Å². The molecule has 4 rings (SSSR count). The number of ether oxygens (including phenoxy) is 3. The number of benzene rings is 2. The predicted octanol–water partition coefficient (Wildman–Crippen LogP) is 6.97. The molecule has 2 aromatic carbocycles. The summed E-state index contributed by atoms with van der Waals surface area (Å²) in [4.78, 5) is 27.0. The highest BCUT2D eigenvalue weighted by Gasteiger charge is 2.33. The number of nitrogens with zero attached hydrogens (tertiary/aromatic N) is 3. The van der Waals surface area contributed by atoms with Gasteiger partial charge in [-0.1, -0.05) is 19.6 Å². The zero-order valence-electron chi connectivity index (χ0n) is 26.2. The number of anilines is 2. The van der Waals surface area contributed by atoms with Crippen LogP contribution in [-0.2, 0) is 21.0 Å². The Kier molecular flexibility index (Phi) is 10.2. The summed E-state index contributed by atoms with van der Waals surface area (Å²) in [5, 5.41) is 7.29.